The Balaban J connectivity index is 1.24. The molecular weight excluding hydrogens is 603 g/mol. The van der Waals surface area contributed by atoms with Crippen LogP contribution in [0.3, 0.4) is 0 Å². The summed E-state index contributed by atoms with van der Waals surface area (Å²) >= 11 is 0. The summed E-state index contributed by atoms with van der Waals surface area (Å²) in [4.78, 5) is 14.4. The van der Waals surface area contributed by atoms with E-state index in [-0.39, 0.29) is 0 Å². The molecule has 0 aliphatic heterocycles. The van der Waals surface area contributed by atoms with E-state index < -0.39 is 0 Å². The summed E-state index contributed by atoms with van der Waals surface area (Å²) in [5, 5.41) is 6.59. The highest BCUT2D eigenvalue weighted by atomic mass is 16.3. The van der Waals surface area contributed by atoms with Crippen molar-refractivity contribution in [2.45, 2.75) is 6.54 Å². The number of rotatable bonds is 5. The molecule has 0 atom stereocenters. The third-order valence-electron chi connectivity index (χ3n) is 9.06. The van der Waals surface area contributed by atoms with E-state index >= 15 is 0 Å². The van der Waals surface area contributed by atoms with Gasteiger partial charge < -0.3 is 8.83 Å². The van der Waals surface area contributed by atoms with Gasteiger partial charge in [0.05, 0.1) is 6.54 Å². The average molecular weight is 632 g/mol. The quantitative estimate of drug-likeness (QED) is 0.140. The van der Waals surface area contributed by atoms with E-state index in [0.29, 0.717) is 18.2 Å². The fourth-order valence-electron chi connectivity index (χ4n) is 6.75. The maximum atomic E-state index is 6.62. The van der Waals surface area contributed by atoms with Gasteiger partial charge in [-0.1, -0.05) is 121 Å². The third kappa shape index (κ3) is 5.09. The van der Waals surface area contributed by atoms with Crippen molar-refractivity contribution in [3.63, 3.8) is 0 Å². The number of amidine groups is 2. The number of hydrogen-bond donors (Lipinski definition) is 0. The zero-order chi connectivity index (χ0) is 32.7. The molecule has 5 nitrogen and oxygen atoms in total. The zero-order valence-electron chi connectivity index (χ0n) is 26.5. The maximum absolute atomic E-state index is 6.62. The van der Waals surface area contributed by atoms with Crippen molar-refractivity contribution in [2.24, 2.45) is 15.0 Å². The maximum Gasteiger partial charge on any atom is 0.161 e. The normalized spacial score (nSPS) is 12.5. The monoisotopic (exact) mass is 631 g/mol. The van der Waals surface area contributed by atoms with Crippen molar-refractivity contribution in [1.82, 2.24) is 0 Å². The minimum absolute atomic E-state index is 0.363. The Hall–Kier alpha value is -6.59. The summed E-state index contributed by atoms with van der Waals surface area (Å²) in [5.74, 6) is 1.09. The number of furan rings is 2. The molecule has 0 saturated carbocycles. The summed E-state index contributed by atoms with van der Waals surface area (Å²) in [6.45, 7) is 4.18. The van der Waals surface area contributed by atoms with Crippen LogP contribution in [0.5, 0.6) is 0 Å². The summed E-state index contributed by atoms with van der Waals surface area (Å²) in [6.07, 6.45) is 0. The van der Waals surface area contributed by atoms with Crippen molar-refractivity contribution >= 4 is 73.0 Å². The number of hydrogen-bond acceptors (Lipinski definition) is 3. The summed E-state index contributed by atoms with van der Waals surface area (Å²) in [5.41, 5.74) is 8.11. The topological polar surface area (TPSA) is 63.4 Å². The second kappa shape index (κ2) is 11.9. The minimum atomic E-state index is 0.363. The highest BCUT2D eigenvalue weighted by Crippen LogP contribution is 2.41. The van der Waals surface area contributed by atoms with Crippen LogP contribution in [0.1, 0.15) is 16.7 Å². The standard InChI is InChI=1S/C44H29N3O2/c1-45-43(28-13-4-2-5-14-28)47-44(29-15-6-3-7-16-29)46-27-33-23-32(26-40-41(33)36-19-10-11-22-38(36)48-40)34-20-12-21-35-37-24-30-17-8-9-18-31(30)25-39(37)49-42(34)35/h2-26H,1,27H2. The molecule has 2 heterocycles. The lowest BCUT2D eigenvalue weighted by molar-refractivity contribution is 0.668. The van der Waals surface area contributed by atoms with Gasteiger partial charge in [0, 0.05) is 38.2 Å². The molecule has 0 bridgehead atoms. The van der Waals surface area contributed by atoms with Crippen LogP contribution in [0.15, 0.2) is 175 Å². The second-order valence-electron chi connectivity index (χ2n) is 12.1. The van der Waals surface area contributed by atoms with Gasteiger partial charge >= 0.3 is 0 Å². The average Bonchev–Trinajstić information content (AvgIpc) is 3.72. The molecule has 9 rings (SSSR count). The minimum Gasteiger partial charge on any atom is -0.456 e. The van der Waals surface area contributed by atoms with Gasteiger partial charge in [-0.2, -0.15) is 0 Å². The van der Waals surface area contributed by atoms with Crippen LogP contribution in [0.25, 0.3) is 65.8 Å². The summed E-state index contributed by atoms with van der Waals surface area (Å²) in [6, 6.07) is 51.4. The van der Waals surface area contributed by atoms with Crippen LogP contribution in [0.2, 0.25) is 0 Å². The molecule has 0 amide bonds. The highest BCUT2D eigenvalue weighted by molar-refractivity contribution is 6.15. The van der Waals surface area contributed by atoms with Gasteiger partial charge in [0.25, 0.3) is 0 Å². The van der Waals surface area contributed by atoms with Crippen LogP contribution in [0.4, 0.5) is 0 Å². The molecule has 7 aromatic carbocycles. The lowest BCUT2D eigenvalue weighted by Gasteiger charge is -2.09. The van der Waals surface area contributed by atoms with Gasteiger partial charge in [0.2, 0.25) is 0 Å². The van der Waals surface area contributed by atoms with E-state index in [0.717, 1.165) is 77.1 Å². The lowest BCUT2D eigenvalue weighted by atomic mass is 9.97. The van der Waals surface area contributed by atoms with E-state index in [9.17, 15) is 0 Å². The molecule has 9 aromatic rings. The summed E-state index contributed by atoms with van der Waals surface area (Å²) in [7, 11) is 0. The van der Waals surface area contributed by atoms with Crippen LogP contribution in [0, 0.1) is 0 Å². The van der Waals surface area contributed by atoms with Gasteiger partial charge in [-0.05, 0) is 58.9 Å². The molecule has 5 heteroatoms. The Labute approximate surface area is 282 Å². The molecule has 0 unspecified atom stereocenters. The van der Waals surface area contributed by atoms with Gasteiger partial charge in [-0.3, -0.25) is 4.99 Å². The Morgan fingerprint density at radius 2 is 1.20 bits per heavy atom. The Kier molecular flexibility index (Phi) is 6.95. The highest BCUT2D eigenvalue weighted by Gasteiger charge is 2.18. The van der Waals surface area contributed by atoms with Crippen molar-refractivity contribution in [3.8, 4) is 11.1 Å². The molecular formula is C44H29N3O2. The number of para-hydroxylation sites is 2. The predicted molar refractivity (Wildman–Crippen MR) is 203 cm³/mol. The first-order valence-electron chi connectivity index (χ1n) is 16.2. The number of benzene rings is 7. The van der Waals surface area contributed by atoms with Crippen molar-refractivity contribution in [1.29, 1.82) is 0 Å². The fourth-order valence-corrected chi connectivity index (χ4v) is 6.75. The van der Waals surface area contributed by atoms with Gasteiger partial charge in [0.15, 0.2) is 11.7 Å². The molecule has 2 aromatic heterocycles. The van der Waals surface area contributed by atoms with Gasteiger partial charge in [-0.25, -0.2) is 9.98 Å². The SMILES string of the molecule is C=NC(=NC(=NCc1cc(-c2cccc3c2oc2cc4ccccc4cc23)cc2oc3ccccc3c12)c1ccccc1)c1ccccc1. The molecule has 0 spiro atoms. The number of fused-ring (bicyclic) bond motifs is 7. The largest absolute Gasteiger partial charge is 0.456 e. The molecule has 0 fully saturated rings. The Morgan fingerprint density at radius 1 is 0.531 bits per heavy atom. The van der Waals surface area contributed by atoms with Crippen molar-refractivity contribution in [3.05, 3.63) is 168 Å². The van der Waals surface area contributed by atoms with Gasteiger partial charge in [0.1, 0.15) is 22.3 Å². The number of nitrogens with zero attached hydrogens (tertiary/aromatic N) is 3. The van der Waals surface area contributed by atoms with Crippen LogP contribution in [-0.2, 0) is 6.54 Å². The first-order valence-corrected chi connectivity index (χ1v) is 16.2. The van der Waals surface area contributed by atoms with Crippen LogP contribution < -0.4 is 0 Å². The van der Waals surface area contributed by atoms with Crippen molar-refractivity contribution in [2.75, 3.05) is 0 Å². The Morgan fingerprint density at radius 3 is 1.98 bits per heavy atom. The van der Waals surface area contributed by atoms with Gasteiger partial charge in [-0.15, -0.1) is 0 Å². The molecule has 0 aliphatic carbocycles. The number of aliphatic imine (C=N–C) groups is 3. The van der Waals surface area contributed by atoms with Crippen LogP contribution in [-0.4, -0.2) is 18.4 Å². The molecule has 0 N–H and O–H groups in total. The molecule has 0 radical (unpaired) electrons. The van der Waals surface area contributed by atoms with Crippen LogP contribution >= 0.6 is 0 Å². The van der Waals surface area contributed by atoms with E-state index in [1.54, 1.807) is 0 Å². The predicted octanol–water partition coefficient (Wildman–Crippen LogP) is 11.4. The third-order valence-corrected chi connectivity index (χ3v) is 9.06. The lowest BCUT2D eigenvalue weighted by Crippen LogP contribution is -2.05. The van der Waals surface area contributed by atoms with E-state index in [4.69, 9.17) is 18.8 Å². The van der Waals surface area contributed by atoms with Crippen molar-refractivity contribution < 1.29 is 8.83 Å². The molecule has 0 saturated heterocycles. The first kappa shape index (κ1) is 28.6. The van der Waals surface area contributed by atoms with E-state index in [1.165, 1.54) is 5.39 Å². The fraction of sp³-hybridized carbons (Fsp3) is 0.0227. The summed E-state index contributed by atoms with van der Waals surface area (Å²) < 4.78 is 13.1. The molecule has 232 valence electrons. The van der Waals surface area contributed by atoms with E-state index in [2.05, 4.69) is 84.5 Å². The second-order valence-corrected chi connectivity index (χ2v) is 12.1. The Bertz CT molecular complexity index is 2750. The van der Waals surface area contributed by atoms with E-state index in [1.807, 2.05) is 78.9 Å². The molecule has 0 aliphatic rings. The molecule has 49 heavy (non-hydrogen) atoms. The first-order chi connectivity index (χ1) is 24.2. The smallest absolute Gasteiger partial charge is 0.161 e. The zero-order valence-corrected chi connectivity index (χ0v) is 26.5.